The highest BCUT2D eigenvalue weighted by Gasteiger charge is 2.36. The zero-order valence-corrected chi connectivity index (χ0v) is 20.8. The second kappa shape index (κ2) is 8.64. The lowest BCUT2D eigenvalue weighted by Crippen LogP contribution is -2.54. The highest BCUT2D eigenvalue weighted by molar-refractivity contribution is 7.88. The van der Waals surface area contributed by atoms with Gasteiger partial charge in [0, 0.05) is 58.1 Å². The quantitative estimate of drug-likeness (QED) is 0.585. The number of furan rings is 1. The molecule has 10 nitrogen and oxygen atoms in total. The lowest BCUT2D eigenvalue weighted by Gasteiger charge is -2.42. The van der Waals surface area contributed by atoms with Crippen molar-refractivity contribution in [1.82, 2.24) is 18.8 Å². The summed E-state index contributed by atoms with van der Waals surface area (Å²) in [5.74, 6) is 0.798. The van der Waals surface area contributed by atoms with Crippen molar-refractivity contribution < 1.29 is 17.6 Å². The first-order valence-corrected chi connectivity index (χ1v) is 12.8. The van der Waals surface area contributed by atoms with Crippen molar-refractivity contribution in [1.29, 1.82) is 0 Å². The molecule has 4 heterocycles. The Balaban J connectivity index is 1.75. The number of nitrogens with one attached hydrogen (secondary N) is 1. The predicted octanol–water partition coefficient (Wildman–Crippen LogP) is 1.96. The van der Waals surface area contributed by atoms with Gasteiger partial charge in [-0.2, -0.15) is 4.31 Å². The van der Waals surface area contributed by atoms with Gasteiger partial charge in [0.1, 0.15) is 17.2 Å². The Morgan fingerprint density at radius 2 is 1.85 bits per heavy atom. The summed E-state index contributed by atoms with van der Waals surface area (Å²) in [6, 6.07) is 5.31. The van der Waals surface area contributed by atoms with Crippen molar-refractivity contribution in [3.8, 4) is 11.1 Å². The minimum Gasteiger partial charge on any atom is -0.458 e. The van der Waals surface area contributed by atoms with Gasteiger partial charge in [-0.15, -0.1) is 0 Å². The van der Waals surface area contributed by atoms with Gasteiger partial charge in [0.05, 0.1) is 17.2 Å². The standard InChI is InChI=1S/C23H29N5O5S/c1-15(29)25-20-12-16(6-7-24-20)18-14-26(4)22(30)17-13-19(33-21(17)18)23(2,3)27-8-10-28(11-9-27)34(5,31)32/h6-7,12-14H,8-11H2,1-5H3,(H,24,25,29). The molecule has 1 aliphatic heterocycles. The molecule has 0 aromatic carbocycles. The van der Waals surface area contributed by atoms with Crippen molar-refractivity contribution in [2.45, 2.75) is 26.3 Å². The Morgan fingerprint density at radius 1 is 1.18 bits per heavy atom. The number of carbonyl (C=O) groups excluding carboxylic acids is 1. The van der Waals surface area contributed by atoms with Crippen molar-refractivity contribution >= 4 is 32.7 Å². The number of carbonyl (C=O) groups is 1. The number of aryl methyl sites for hydroxylation is 1. The van der Waals surface area contributed by atoms with Crippen LogP contribution in [0.5, 0.6) is 0 Å². The van der Waals surface area contributed by atoms with Crippen molar-refractivity contribution in [2.75, 3.05) is 37.8 Å². The van der Waals surface area contributed by atoms with Gasteiger partial charge < -0.3 is 14.3 Å². The highest BCUT2D eigenvalue weighted by atomic mass is 32.2. The van der Waals surface area contributed by atoms with E-state index in [0.29, 0.717) is 54.3 Å². The van der Waals surface area contributed by atoms with Crippen LogP contribution in [0.2, 0.25) is 0 Å². The van der Waals surface area contributed by atoms with Crippen molar-refractivity contribution in [3.05, 3.63) is 46.7 Å². The van der Waals surface area contributed by atoms with Crippen LogP contribution in [0.1, 0.15) is 26.5 Å². The van der Waals surface area contributed by atoms with E-state index in [4.69, 9.17) is 4.42 Å². The number of anilines is 1. The first kappa shape index (κ1) is 24.1. The molecule has 34 heavy (non-hydrogen) atoms. The Kier molecular flexibility index (Phi) is 6.13. The first-order chi connectivity index (χ1) is 15.9. The van der Waals surface area contributed by atoms with Crippen LogP contribution in [-0.2, 0) is 27.4 Å². The number of fused-ring (bicyclic) bond motifs is 1. The third kappa shape index (κ3) is 4.50. The molecule has 1 N–H and O–H groups in total. The van der Waals surface area contributed by atoms with Crippen LogP contribution >= 0.6 is 0 Å². The Morgan fingerprint density at radius 3 is 2.47 bits per heavy atom. The summed E-state index contributed by atoms with van der Waals surface area (Å²) in [4.78, 5) is 30.7. The summed E-state index contributed by atoms with van der Waals surface area (Å²) in [6.07, 6.45) is 4.52. The fourth-order valence-corrected chi connectivity index (χ4v) is 5.17. The fraction of sp³-hybridized carbons (Fsp3) is 0.435. The largest absolute Gasteiger partial charge is 0.458 e. The van der Waals surface area contributed by atoms with E-state index in [1.54, 1.807) is 37.6 Å². The van der Waals surface area contributed by atoms with Crippen molar-refractivity contribution in [2.24, 2.45) is 7.05 Å². The third-order valence-corrected chi connectivity index (χ3v) is 7.63. The summed E-state index contributed by atoms with van der Waals surface area (Å²) >= 11 is 0. The topological polar surface area (TPSA) is 118 Å². The van der Waals surface area contributed by atoms with Crippen LogP contribution in [0.3, 0.4) is 0 Å². The van der Waals surface area contributed by atoms with E-state index in [1.807, 2.05) is 13.8 Å². The molecule has 3 aromatic heterocycles. The Hall–Kier alpha value is -3.02. The molecule has 1 saturated heterocycles. The summed E-state index contributed by atoms with van der Waals surface area (Å²) < 4.78 is 33.1. The monoisotopic (exact) mass is 487 g/mol. The lowest BCUT2D eigenvalue weighted by molar-refractivity contribution is -0.114. The number of piperazine rings is 1. The van der Waals surface area contributed by atoms with E-state index >= 15 is 0 Å². The van der Waals surface area contributed by atoms with Gasteiger partial charge >= 0.3 is 0 Å². The molecule has 11 heteroatoms. The van der Waals surface area contributed by atoms with Gasteiger partial charge in [-0.05, 0) is 37.6 Å². The maximum absolute atomic E-state index is 12.9. The average molecular weight is 488 g/mol. The minimum atomic E-state index is -3.23. The molecule has 1 fully saturated rings. The molecule has 0 unspecified atom stereocenters. The average Bonchev–Trinajstić information content (AvgIpc) is 3.22. The van der Waals surface area contributed by atoms with Crippen LogP contribution in [-0.4, -0.2) is 65.5 Å². The highest BCUT2D eigenvalue weighted by Crippen LogP contribution is 2.36. The van der Waals surface area contributed by atoms with Gasteiger partial charge in [-0.3, -0.25) is 14.5 Å². The number of pyridine rings is 2. The maximum atomic E-state index is 12.9. The summed E-state index contributed by atoms with van der Waals surface area (Å²) in [5.41, 5.74) is 1.17. The van der Waals surface area contributed by atoms with Gasteiger partial charge in [-0.25, -0.2) is 13.4 Å². The number of hydrogen-bond acceptors (Lipinski definition) is 7. The third-order valence-electron chi connectivity index (χ3n) is 6.33. The minimum absolute atomic E-state index is 0.178. The molecule has 0 spiro atoms. The van der Waals surface area contributed by atoms with Crippen LogP contribution in [0.4, 0.5) is 5.82 Å². The zero-order chi connectivity index (χ0) is 24.8. The van der Waals surface area contributed by atoms with Gasteiger partial charge in [-0.1, -0.05) is 0 Å². The van der Waals surface area contributed by atoms with E-state index in [9.17, 15) is 18.0 Å². The fourth-order valence-electron chi connectivity index (χ4n) is 4.34. The molecule has 1 amide bonds. The summed E-state index contributed by atoms with van der Waals surface area (Å²) in [5, 5.41) is 3.13. The van der Waals surface area contributed by atoms with Crippen LogP contribution in [0.15, 0.2) is 39.8 Å². The molecular weight excluding hydrogens is 458 g/mol. The number of nitrogens with zero attached hydrogens (tertiary/aromatic N) is 4. The number of rotatable bonds is 5. The molecule has 4 rings (SSSR count). The molecule has 3 aromatic rings. The predicted molar refractivity (Wildman–Crippen MR) is 130 cm³/mol. The maximum Gasteiger partial charge on any atom is 0.261 e. The lowest BCUT2D eigenvalue weighted by atomic mass is 9.98. The molecular formula is C23H29N5O5S. The number of aromatic nitrogens is 2. The van der Waals surface area contributed by atoms with Crippen molar-refractivity contribution in [3.63, 3.8) is 0 Å². The Labute approximate surface area is 198 Å². The van der Waals surface area contributed by atoms with Gasteiger partial charge in [0.15, 0.2) is 0 Å². The molecule has 0 atom stereocenters. The number of amides is 1. The van der Waals surface area contributed by atoms with E-state index in [-0.39, 0.29) is 11.5 Å². The van der Waals surface area contributed by atoms with Crippen LogP contribution in [0.25, 0.3) is 22.1 Å². The number of hydrogen-bond donors (Lipinski definition) is 1. The van der Waals surface area contributed by atoms with E-state index in [0.717, 1.165) is 5.56 Å². The van der Waals surface area contributed by atoms with Gasteiger partial charge in [0.25, 0.3) is 5.56 Å². The molecule has 0 bridgehead atoms. The SMILES string of the molecule is CC(=O)Nc1cc(-c2cn(C)c(=O)c3cc(C(C)(C)N4CCN(S(C)(=O)=O)CC4)oc23)ccn1. The van der Waals surface area contributed by atoms with E-state index in [2.05, 4.69) is 15.2 Å². The molecule has 1 aliphatic rings. The Bertz CT molecular complexity index is 1420. The first-order valence-electron chi connectivity index (χ1n) is 11.0. The van der Waals surface area contributed by atoms with E-state index in [1.165, 1.54) is 22.1 Å². The summed E-state index contributed by atoms with van der Waals surface area (Å²) in [6.45, 7) is 7.32. The second-order valence-corrected chi connectivity index (χ2v) is 11.1. The smallest absolute Gasteiger partial charge is 0.261 e. The van der Waals surface area contributed by atoms with Crippen LogP contribution in [0, 0.1) is 0 Å². The van der Waals surface area contributed by atoms with Gasteiger partial charge in [0.2, 0.25) is 15.9 Å². The molecule has 0 aliphatic carbocycles. The number of sulfonamides is 1. The normalized spacial score (nSPS) is 16.1. The second-order valence-electron chi connectivity index (χ2n) is 9.13. The zero-order valence-electron chi connectivity index (χ0n) is 20.0. The molecule has 182 valence electrons. The molecule has 0 saturated carbocycles. The van der Waals surface area contributed by atoms with Crippen LogP contribution < -0.4 is 10.9 Å². The molecule has 0 radical (unpaired) electrons. The van der Waals surface area contributed by atoms with E-state index < -0.39 is 15.6 Å². The summed E-state index contributed by atoms with van der Waals surface area (Å²) in [7, 11) is -1.55.